The minimum atomic E-state index is -0.297. The Hall–Kier alpha value is -0.610. The van der Waals surface area contributed by atoms with Crippen LogP contribution in [0.3, 0.4) is 0 Å². The highest BCUT2D eigenvalue weighted by Crippen LogP contribution is 2.22. The lowest BCUT2D eigenvalue weighted by Crippen LogP contribution is -2.46. The molecule has 4 heteroatoms. The first-order valence-electron chi connectivity index (χ1n) is 6.43. The van der Waals surface area contributed by atoms with E-state index < -0.39 is 0 Å². The highest BCUT2D eigenvalue weighted by atomic mass is 16.3. The molecule has 0 aromatic heterocycles. The summed E-state index contributed by atoms with van der Waals surface area (Å²) in [6.07, 6.45) is 4.74. The quantitative estimate of drug-likeness (QED) is 0.718. The first-order chi connectivity index (χ1) is 7.70. The van der Waals surface area contributed by atoms with Gasteiger partial charge < -0.3 is 10.4 Å². The van der Waals surface area contributed by atoms with Crippen LogP contribution in [0, 0.1) is 0 Å². The van der Waals surface area contributed by atoms with E-state index in [0.29, 0.717) is 12.6 Å². The molecule has 2 N–H and O–H groups in total. The van der Waals surface area contributed by atoms with Crippen LogP contribution in [0.4, 0.5) is 0 Å². The zero-order valence-corrected chi connectivity index (χ0v) is 9.98. The number of hydrogen-bond acceptors (Lipinski definition) is 3. The highest BCUT2D eigenvalue weighted by Gasteiger charge is 2.34. The Labute approximate surface area is 97.0 Å². The summed E-state index contributed by atoms with van der Waals surface area (Å²) in [5.41, 5.74) is 0. The van der Waals surface area contributed by atoms with Gasteiger partial charge in [-0.1, -0.05) is 6.92 Å². The lowest BCUT2D eigenvalue weighted by molar-refractivity contribution is -0.126. The molecular formula is C12H22N2O2. The Morgan fingerprint density at radius 3 is 2.88 bits per heavy atom. The second-order valence-corrected chi connectivity index (χ2v) is 5.00. The van der Waals surface area contributed by atoms with Gasteiger partial charge in [0.25, 0.3) is 0 Å². The number of amides is 1. The van der Waals surface area contributed by atoms with E-state index >= 15 is 0 Å². The summed E-state index contributed by atoms with van der Waals surface area (Å²) in [4.78, 5) is 14.1. The summed E-state index contributed by atoms with van der Waals surface area (Å²) in [5, 5.41) is 12.7. The van der Waals surface area contributed by atoms with Crippen LogP contribution in [-0.2, 0) is 4.79 Å². The lowest BCUT2D eigenvalue weighted by Gasteiger charge is -2.25. The number of aliphatic hydroxyl groups is 1. The molecule has 2 fully saturated rings. The second kappa shape index (κ2) is 5.15. The molecule has 1 saturated heterocycles. The van der Waals surface area contributed by atoms with Gasteiger partial charge in [0.05, 0.1) is 12.1 Å². The molecule has 0 spiro atoms. The van der Waals surface area contributed by atoms with E-state index in [9.17, 15) is 9.90 Å². The summed E-state index contributed by atoms with van der Waals surface area (Å²) in [6.45, 7) is 3.55. The zero-order valence-electron chi connectivity index (χ0n) is 9.98. The molecule has 0 radical (unpaired) electrons. The number of aliphatic hydroxyl groups excluding tert-OH is 1. The number of carbonyl (C=O) groups is 1. The van der Waals surface area contributed by atoms with E-state index in [2.05, 4.69) is 10.2 Å². The number of β-amino-alcohol motifs (C(OH)–C–C–N with tert-alkyl or cyclic N) is 1. The molecule has 0 bridgehead atoms. The topological polar surface area (TPSA) is 52.6 Å². The molecule has 1 saturated carbocycles. The van der Waals surface area contributed by atoms with Crippen molar-refractivity contribution >= 4 is 5.91 Å². The average molecular weight is 226 g/mol. The Bertz CT molecular complexity index is 253. The fraction of sp³-hybridized carbons (Fsp3) is 0.917. The maximum Gasteiger partial charge on any atom is 0.237 e. The van der Waals surface area contributed by atoms with Crippen molar-refractivity contribution in [3.63, 3.8) is 0 Å². The SMILES string of the molecule is CC[C@@H](O)CN1CCCC1C(=O)NC1CC1. The molecule has 1 amide bonds. The average Bonchev–Trinajstić information content (AvgIpc) is 2.95. The van der Waals surface area contributed by atoms with Gasteiger partial charge >= 0.3 is 0 Å². The van der Waals surface area contributed by atoms with Crippen LogP contribution in [0.5, 0.6) is 0 Å². The van der Waals surface area contributed by atoms with Gasteiger partial charge in [0.1, 0.15) is 0 Å². The number of nitrogens with one attached hydrogen (secondary N) is 1. The minimum absolute atomic E-state index is 0.00167. The summed E-state index contributed by atoms with van der Waals surface area (Å²) in [7, 11) is 0. The number of hydrogen-bond donors (Lipinski definition) is 2. The van der Waals surface area contributed by atoms with Crippen LogP contribution in [0.15, 0.2) is 0 Å². The van der Waals surface area contributed by atoms with Crippen molar-refractivity contribution in [2.24, 2.45) is 0 Å². The summed E-state index contributed by atoms with van der Waals surface area (Å²) in [5.74, 6) is 0.170. The van der Waals surface area contributed by atoms with Crippen molar-refractivity contribution in [3.05, 3.63) is 0 Å². The Morgan fingerprint density at radius 1 is 1.50 bits per heavy atom. The molecule has 1 aliphatic heterocycles. The monoisotopic (exact) mass is 226 g/mol. The maximum atomic E-state index is 11.9. The van der Waals surface area contributed by atoms with Gasteiger partial charge in [0.15, 0.2) is 0 Å². The van der Waals surface area contributed by atoms with E-state index in [-0.39, 0.29) is 18.1 Å². The third-order valence-electron chi connectivity index (χ3n) is 3.51. The van der Waals surface area contributed by atoms with Crippen molar-refractivity contribution in [1.82, 2.24) is 10.2 Å². The predicted molar refractivity (Wildman–Crippen MR) is 62.1 cm³/mol. The van der Waals surface area contributed by atoms with E-state index in [4.69, 9.17) is 0 Å². The molecule has 0 aromatic carbocycles. The third-order valence-corrected chi connectivity index (χ3v) is 3.51. The van der Waals surface area contributed by atoms with Crippen molar-refractivity contribution in [1.29, 1.82) is 0 Å². The van der Waals surface area contributed by atoms with Crippen molar-refractivity contribution in [2.45, 2.75) is 57.2 Å². The van der Waals surface area contributed by atoms with Crippen molar-refractivity contribution < 1.29 is 9.90 Å². The number of likely N-dealkylation sites (tertiary alicyclic amines) is 1. The zero-order chi connectivity index (χ0) is 11.5. The molecule has 16 heavy (non-hydrogen) atoms. The fourth-order valence-corrected chi connectivity index (χ4v) is 2.27. The Balaban J connectivity index is 1.83. The van der Waals surface area contributed by atoms with Crippen molar-refractivity contribution in [2.75, 3.05) is 13.1 Å². The third kappa shape index (κ3) is 2.95. The molecule has 2 atom stereocenters. The van der Waals surface area contributed by atoms with E-state index in [1.165, 1.54) is 0 Å². The molecular weight excluding hydrogens is 204 g/mol. The molecule has 1 aliphatic carbocycles. The van der Waals surface area contributed by atoms with E-state index in [0.717, 1.165) is 38.6 Å². The summed E-state index contributed by atoms with van der Waals surface area (Å²) in [6, 6.07) is 0.438. The Kier molecular flexibility index (Phi) is 3.82. The van der Waals surface area contributed by atoms with E-state index in [1.54, 1.807) is 0 Å². The molecule has 2 aliphatic rings. The van der Waals surface area contributed by atoms with Crippen LogP contribution in [0.1, 0.15) is 39.0 Å². The number of carbonyl (C=O) groups excluding carboxylic acids is 1. The van der Waals surface area contributed by atoms with Gasteiger partial charge in [-0.3, -0.25) is 9.69 Å². The molecule has 92 valence electrons. The summed E-state index contributed by atoms with van der Waals surface area (Å²) >= 11 is 0. The van der Waals surface area contributed by atoms with Gasteiger partial charge in [-0.25, -0.2) is 0 Å². The van der Waals surface area contributed by atoms with E-state index in [1.807, 2.05) is 6.92 Å². The standard InChI is InChI=1S/C12H22N2O2/c1-2-10(15)8-14-7-3-4-11(14)12(16)13-9-5-6-9/h9-11,15H,2-8H2,1H3,(H,13,16)/t10-,11?/m1/s1. The fourth-order valence-electron chi connectivity index (χ4n) is 2.27. The number of rotatable bonds is 5. The molecule has 0 aromatic rings. The van der Waals surface area contributed by atoms with Crippen LogP contribution < -0.4 is 5.32 Å². The normalized spacial score (nSPS) is 28.0. The van der Waals surface area contributed by atoms with Crippen LogP contribution in [0.25, 0.3) is 0 Å². The van der Waals surface area contributed by atoms with Gasteiger partial charge in [-0.2, -0.15) is 0 Å². The molecule has 4 nitrogen and oxygen atoms in total. The van der Waals surface area contributed by atoms with Gasteiger partial charge in [0.2, 0.25) is 5.91 Å². The van der Waals surface area contributed by atoms with Crippen molar-refractivity contribution in [3.8, 4) is 0 Å². The Morgan fingerprint density at radius 2 is 2.25 bits per heavy atom. The van der Waals surface area contributed by atoms with Crippen LogP contribution in [0.2, 0.25) is 0 Å². The van der Waals surface area contributed by atoms with Gasteiger partial charge in [-0.05, 0) is 38.6 Å². The lowest BCUT2D eigenvalue weighted by atomic mass is 10.2. The largest absolute Gasteiger partial charge is 0.392 e. The molecule has 2 rings (SSSR count). The van der Waals surface area contributed by atoms with Gasteiger partial charge in [0, 0.05) is 12.6 Å². The predicted octanol–water partition coefficient (Wildman–Crippen LogP) is 0.500. The van der Waals surface area contributed by atoms with Crippen LogP contribution >= 0.6 is 0 Å². The summed E-state index contributed by atoms with van der Waals surface area (Å²) < 4.78 is 0. The number of nitrogens with zero attached hydrogens (tertiary/aromatic N) is 1. The highest BCUT2D eigenvalue weighted by molar-refractivity contribution is 5.82. The first-order valence-corrected chi connectivity index (χ1v) is 6.43. The maximum absolute atomic E-state index is 11.9. The molecule has 1 heterocycles. The van der Waals surface area contributed by atoms with Crippen LogP contribution in [-0.4, -0.2) is 47.2 Å². The minimum Gasteiger partial charge on any atom is -0.392 e. The molecule has 1 unspecified atom stereocenters. The smallest absolute Gasteiger partial charge is 0.237 e. The van der Waals surface area contributed by atoms with Gasteiger partial charge in [-0.15, -0.1) is 0 Å². The second-order valence-electron chi connectivity index (χ2n) is 5.00. The first kappa shape index (κ1) is 11.9.